The summed E-state index contributed by atoms with van der Waals surface area (Å²) in [5.74, 6) is -1.78. The monoisotopic (exact) mass is 244 g/mol. The molecule has 94 valence electrons. The lowest BCUT2D eigenvalue weighted by atomic mass is 9.87. The van der Waals surface area contributed by atoms with Crippen LogP contribution >= 0.6 is 0 Å². The van der Waals surface area contributed by atoms with Crippen LogP contribution < -0.4 is 0 Å². The van der Waals surface area contributed by atoms with Gasteiger partial charge in [-0.25, -0.2) is 0 Å². The number of ketones is 1. The van der Waals surface area contributed by atoms with Gasteiger partial charge < -0.3 is 0 Å². The van der Waals surface area contributed by atoms with E-state index in [0.717, 1.165) is 5.56 Å². The van der Waals surface area contributed by atoms with E-state index in [2.05, 4.69) is 0 Å². The van der Waals surface area contributed by atoms with Crippen molar-refractivity contribution in [3.8, 4) is 0 Å². The first-order valence-electron chi connectivity index (χ1n) is 5.30. The molecule has 0 aromatic heterocycles. The van der Waals surface area contributed by atoms with Gasteiger partial charge in [0.25, 0.3) is 5.78 Å². The lowest BCUT2D eigenvalue weighted by Gasteiger charge is -2.18. The van der Waals surface area contributed by atoms with E-state index in [0.29, 0.717) is 6.42 Å². The first kappa shape index (κ1) is 13.7. The van der Waals surface area contributed by atoms with Crippen LogP contribution in [-0.2, 0) is 6.42 Å². The van der Waals surface area contributed by atoms with Crippen molar-refractivity contribution in [3.05, 3.63) is 35.4 Å². The molecule has 0 saturated heterocycles. The first-order chi connectivity index (χ1) is 7.59. The number of carbonyl (C=O) groups excluding carboxylic acids is 1. The molecule has 0 amide bonds. The normalized spacial score (nSPS) is 12.6. The fourth-order valence-corrected chi connectivity index (χ4v) is 1.60. The molecule has 0 bridgehead atoms. The summed E-state index contributed by atoms with van der Waals surface area (Å²) in [6, 6.07) is 5.74. The van der Waals surface area contributed by atoms with Gasteiger partial charge in [0.05, 0.1) is 0 Å². The van der Waals surface area contributed by atoms with Crippen LogP contribution in [0.1, 0.15) is 36.7 Å². The second kappa shape index (κ2) is 4.51. The van der Waals surface area contributed by atoms with Gasteiger partial charge in [0.2, 0.25) is 0 Å². The van der Waals surface area contributed by atoms with E-state index in [1.54, 1.807) is 6.07 Å². The zero-order valence-electron chi connectivity index (χ0n) is 10.1. The van der Waals surface area contributed by atoms with Gasteiger partial charge in [-0.05, 0) is 23.5 Å². The molecule has 4 heteroatoms. The number of rotatable bonds is 2. The molecule has 0 heterocycles. The van der Waals surface area contributed by atoms with Crippen molar-refractivity contribution in [3.63, 3.8) is 0 Å². The van der Waals surface area contributed by atoms with Crippen molar-refractivity contribution in [2.24, 2.45) is 5.41 Å². The van der Waals surface area contributed by atoms with Crippen LogP contribution in [-0.4, -0.2) is 12.0 Å². The van der Waals surface area contributed by atoms with Crippen LogP contribution in [0.15, 0.2) is 24.3 Å². The Morgan fingerprint density at radius 3 is 2.24 bits per heavy atom. The summed E-state index contributed by atoms with van der Waals surface area (Å²) in [5, 5.41) is 0. The van der Waals surface area contributed by atoms with Gasteiger partial charge in [-0.2, -0.15) is 13.2 Å². The molecule has 0 spiro atoms. The third-order valence-electron chi connectivity index (χ3n) is 2.18. The minimum atomic E-state index is -4.81. The van der Waals surface area contributed by atoms with Gasteiger partial charge in [-0.1, -0.05) is 39.0 Å². The highest BCUT2D eigenvalue weighted by Crippen LogP contribution is 2.24. The molecule has 17 heavy (non-hydrogen) atoms. The number of benzene rings is 1. The number of alkyl halides is 3. The van der Waals surface area contributed by atoms with Gasteiger partial charge >= 0.3 is 6.18 Å². The summed E-state index contributed by atoms with van der Waals surface area (Å²) in [4.78, 5) is 11.1. The predicted molar refractivity (Wildman–Crippen MR) is 60.0 cm³/mol. The predicted octanol–water partition coefficient (Wildman–Crippen LogP) is 4.02. The molecule has 0 radical (unpaired) electrons. The molecule has 0 atom stereocenters. The topological polar surface area (TPSA) is 17.1 Å². The molecule has 1 aromatic rings. The van der Waals surface area contributed by atoms with Crippen LogP contribution in [0.3, 0.4) is 0 Å². The van der Waals surface area contributed by atoms with Crippen LogP contribution in [0.2, 0.25) is 0 Å². The summed E-state index contributed by atoms with van der Waals surface area (Å²) in [7, 11) is 0. The minimum Gasteiger partial charge on any atom is -0.284 e. The van der Waals surface area contributed by atoms with E-state index in [4.69, 9.17) is 0 Å². The van der Waals surface area contributed by atoms with Gasteiger partial charge in [-0.15, -0.1) is 0 Å². The Labute approximate surface area is 98.6 Å². The fraction of sp³-hybridized carbons (Fsp3) is 0.462. The molecule has 0 aliphatic heterocycles. The third-order valence-corrected chi connectivity index (χ3v) is 2.18. The summed E-state index contributed by atoms with van der Waals surface area (Å²) in [5.41, 5.74) is 0.423. The summed E-state index contributed by atoms with van der Waals surface area (Å²) < 4.78 is 36.8. The molecule has 0 fully saturated rings. The highest BCUT2D eigenvalue weighted by Gasteiger charge is 2.39. The van der Waals surface area contributed by atoms with Crippen molar-refractivity contribution < 1.29 is 18.0 Å². The van der Waals surface area contributed by atoms with E-state index in [1.165, 1.54) is 18.2 Å². The van der Waals surface area contributed by atoms with E-state index in [1.807, 2.05) is 20.8 Å². The molecular formula is C13H15F3O. The molecular weight excluding hydrogens is 229 g/mol. The molecule has 1 aromatic carbocycles. The van der Waals surface area contributed by atoms with Gasteiger partial charge in [0.1, 0.15) is 0 Å². The first-order valence-corrected chi connectivity index (χ1v) is 5.30. The van der Waals surface area contributed by atoms with Crippen molar-refractivity contribution in [1.29, 1.82) is 0 Å². The van der Waals surface area contributed by atoms with Gasteiger partial charge in [0, 0.05) is 5.56 Å². The summed E-state index contributed by atoms with van der Waals surface area (Å²) >= 11 is 0. The smallest absolute Gasteiger partial charge is 0.284 e. The molecule has 0 unspecified atom stereocenters. The largest absolute Gasteiger partial charge is 0.454 e. The zero-order chi connectivity index (χ0) is 13.3. The van der Waals surface area contributed by atoms with Gasteiger partial charge in [0.15, 0.2) is 0 Å². The zero-order valence-corrected chi connectivity index (χ0v) is 10.1. The van der Waals surface area contributed by atoms with E-state index in [9.17, 15) is 18.0 Å². The third kappa shape index (κ3) is 4.21. The number of hydrogen-bond donors (Lipinski definition) is 0. The van der Waals surface area contributed by atoms with Crippen LogP contribution in [0, 0.1) is 5.41 Å². The van der Waals surface area contributed by atoms with Gasteiger partial charge in [-0.3, -0.25) is 4.79 Å². The Morgan fingerprint density at radius 1 is 1.18 bits per heavy atom. The van der Waals surface area contributed by atoms with Crippen LogP contribution in [0.25, 0.3) is 0 Å². The maximum Gasteiger partial charge on any atom is 0.454 e. The second-order valence-corrected chi connectivity index (χ2v) is 5.26. The molecule has 0 saturated carbocycles. The molecule has 0 aliphatic rings. The maximum absolute atomic E-state index is 12.3. The summed E-state index contributed by atoms with van der Waals surface area (Å²) in [6.07, 6.45) is -4.17. The standard InChI is InChI=1S/C13H15F3O/c1-12(2,3)8-9-5-4-6-10(7-9)11(17)13(14,15)16/h4-7H,8H2,1-3H3. The second-order valence-electron chi connectivity index (χ2n) is 5.26. The Morgan fingerprint density at radius 2 is 1.76 bits per heavy atom. The average molecular weight is 244 g/mol. The lowest BCUT2D eigenvalue weighted by molar-refractivity contribution is -0.0885. The Hall–Kier alpha value is -1.32. The fourth-order valence-electron chi connectivity index (χ4n) is 1.60. The van der Waals surface area contributed by atoms with Crippen molar-refractivity contribution in [1.82, 2.24) is 0 Å². The van der Waals surface area contributed by atoms with E-state index in [-0.39, 0.29) is 11.0 Å². The Balaban J connectivity index is 2.98. The lowest BCUT2D eigenvalue weighted by Crippen LogP contribution is -2.23. The molecule has 1 nitrogen and oxygen atoms in total. The summed E-state index contributed by atoms with van der Waals surface area (Å²) in [6.45, 7) is 5.97. The van der Waals surface area contributed by atoms with Crippen molar-refractivity contribution >= 4 is 5.78 Å². The van der Waals surface area contributed by atoms with E-state index < -0.39 is 12.0 Å². The van der Waals surface area contributed by atoms with E-state index >= 15 is 0 Å². The van der Waals surface area contributed by atoms with Crippen LogP contribution in [0.5, 0.6) is 0 Å². The number of carbonyl (C=O) groups is 1. The SMILES string of the molecule is CC(C)(C)Cc1cccc(C(=O)C(F)(F)F)c1. The Bertz CT molecular complexity index is 413. The highest BCUT2D eigenvalue weighted by molar-refractivity contribution is 6.00. The molecule has 0 aliphatic carbocycles. The average Bonchev–Trinajstić information content (AvgIpc) is 2.12. The van der Waals surface area contributed by atoms with Crippen molar-refractivity contribution in [2.45, 2.75) is 33.4 Å². The molecule has 1 rings (SSSR count). The maximum atomic E-state index is 12.3. The number of hydrogen-bond acceptors (Lipinski definition) is 1. The number of Topliss-reactive ketones (excluding diaryl/α,β-unsaturated/α-hetero) is 1. The number of halogens is 3. The molecule has 0 N–H and O–H groups in total. The van der Waals surface area contributed by atoms with Crippen molar-refractivity contribution in [2.75, 3.05) is 0 Å². The Kier molecular flexibility index (Phi) is 3.65. The van der Waals surface area contributed by atoms with Crippen LogP contribution in [0.4, 0.5) is 13.2 Å². The minimum absolute atomic E-state index is 0.0279. The quantitative estimate of drug-likeness (QED) is 0.718. The highest BCUT2D eigenvalue weighted by atomic mass is 19.4.